The average Bonchev–Trinajstić information content (AvgIpc) is 2.45. The van der Waals surface area contributed by atoms with Gasteiger partial charge in [0.05, 0.1) is 0 Å². The lowest BCUT2D eigenvalue weighted by Gasteiger charge is -2.25. The molecule has 0 spiro atoms. The first-order valence-electron chi connectivity index (χ1n) is 7.68. The first kappa shape index (κ1) is 16.5. The van der Waals surface area contributed by atoms with Gasteiger partial charge in [-0.05, 0) is 37.3 Å². The zero-order chi connectivity index (χ0) is 12.6. The van der Waals surface area contributed by atoms with Crippen LogP contribution in [0.3, 0.4) is 0 Å². The van der Waals surface area contributed by atoms with E-state index in [2.05, 4.69) is 42.6 Å². The third kappa shape index (κ3) is 5.54. The lowest BCUT2D eigenvalue weighted by Crippen LogP contribution is -2.28. The molecule has 1 fully saturated rings. The highest BCUT2D eigenvalue weighted by Gasteiger charge is 2.16. The van der Waals surface area contributed by atoms with Crippen LogP contribution in [0.15, 0.2) is 30.3 Å². The van der Waals surface area contributed by atoms with Gasteiger partial charge < -0.3 is 5.32 Å². The molecule has 0 bridgehead atoms. The molecule has 1 aliphatic carbocycles. The van der Waals surface area contributed by atoms with Gasteiger partial charge in [0.15, 0.2) is 0 Å². The Hall–Kier alpha value is -0.530. The molecule has 0 aromatic heterocycles. The van der Waals surface area contributed by atoms with Crippen LogP contribution >= 0.6 is 12.4 Å². The molecule has 2 rings (SSSR count). The fourth-order valence-corrected chi connectivity index (χ4v) is 3.06. The van der Waals surface area contributed by atoms with Crippen LogP contribution in [0.25, 0.3) is 0 Å². The highest BCUT2D eigenvalue weighted by atomic mass is 35.5. The van der Waals surface area contributed by atoms with Gasteiger partial charge in [0.1, 0.15) is 0 Å². The van der Waals surface area contributed by atoms with Crippen molar-refractivity contribution in [2.45, 2.75) is 57.9 Å². The molecular weight excluding hydrogens is 254 g/mol. The van der Waals surface area contributed by atoms with E-state index in [1.807, 2.05) is 0 Å². The first-order chi connectivity index (χ1) is 8.90. The van der Waals surface area contributed by atoms with Crippen LogP contribution in [-0.4, -0.2) is 6.54 Å². The molecule has 1 atom stereocenters. The summed E-state index contributed by atoms with van der Waals surface area (Å²) in [4.78, 5) is 0. The minimum atomic E-state index is 0. The number of benzene rings is 1. The Bertz CT molecular complexity index is 319. The minimum absolute atomic E-state index is 0. The third-order valence-corrected chi connectivity index (χ3v) is 4.16. The van der Waals surface area contributed by atoms with Gasteiger partial charge in [-0.15, -0.1) is 12.4 Å². The lowest BCUT2D eigenvalue weighted by molar-refractivity contribution is 0.323. The van der Waals surface area contributed by atoms with Gasteiger partial charge in [-0.1, -0.05) is 62.9 Å². The van der Waals surface area contributed by atoms with Crippen molar-refractivity contribution in [3.8, 4) is 0 Å². The quantitative estimate of drug-likeness (QED) is 0.763. The van der Waals surface area contributed by atoms with Crippen molar-refractivity contribution >= 4 is 12.4 Å². The van der Waals surface area contributed by atoms with Crippen molar-refractivity contribution in [1.82, 2.24) is 5.32 Å². The topological polar surface area (TPSA) is 12.0 Å². The summed E-state index contributed by atoms with van der Waals surface area (Å²) in [6.45, 7) is 3.48. The van der Waals surface area contributed by atoms with Crippen molar-refractivity contribution < 1.29 is 0 Å². The molecule has 1 nitrogen and oxygen atoms in total. The standard InChI is InChI=1S/C17H27N.ClH/c1-2-9-17(16-12-7-4-8-13-16)18-14-15-10-5-3-6-11-15;/h4,7-8,12-13,15,17-18H,2-3,5-6,9-11,14H2,1H3;1H. The summed E-state index contributed by atoms with van der Waals surface area (Å²) in [5.74, 6) is 0.918. The molecule has 0 heterocycles. The largest absolute Gasteiger partial charge is 0.310 e. The normalized spacial score (nSPS) is 17.7. The molecule has 19 heavy (non-hydrogen) atoms. The molecule has 1 unspecified atom stereocenters. The summed E-state index contributed by atoms with van der Waals surface area (Å²) in [6.07, 6.45) is 9.69. The molecule has 0 radical (unpaired) electrons. The van der Waals surface area contributed by atoms with E-state index in [1.165, 1.54) is 57.1 Å². The van der Waals surface area contributed by atoms with Crippen molar-refractivity contribution in [1.29, 1.82) is 0 Å². The second-order valence-corrected chi connectivity index (χ2v) is 5.66. The van der Waals surface area contributed by atoms with Crippen molar-refractivity contribution in [2.75, 3.05) is 6.54 Å². The van der Waals surface area contributed by atoms with E-state index in [1.54, 1.807) is 0 Å². The summed E-state index contributed by atoms with van der Waals surface area (Å²) in [5.41, 5.74) is 1.45. The Morgan fingerprint density at radius 3 is 2.42 bits per heavy atom. The van der Waals surface area contributed by atoms with Gasteiger partial charge in [-0.3, -0.25) is 0 Å². The molecule has 108 valence electrons. The second-order valence-electron chi connectivity index (χ2n) is 5.66. The Morgan fingerprint density at radius 1 is 1.11 bits per heavy atom. The van der Waals surface area contributed by atoms with Gasteiger partial charge in [0.2, 0.25) is 0 Å². The molecule has 1 aromatic rings. The van der Waals surface area contributed by atoms with E-state index in [-0.39, 0.29) is 12.4 Å². The van der Waals surface area contributed by atoms with E-state index in [0.29, 0.717) is 6.04 Å². The lowest BCUT2D eigenvalue weighted by atomic mass is 9.89. The van der Waals surface area contributed by atoms with Crippen LogP contribution in [0.2, 0.25) is 0 Å². The smallest absolute Gasteiger partial charge is 0.0320 e. The van der Waals surface area contributed by atoms with Gasteiger partial charge in [0.25, 0.3) is 0 Å². The molecule has 1 aromatic carbocycles. The molecule has 0 aliphatic heterocycles. The summed E-state index contributed by atoms with van der Waals surface area (Å²) in [7, 11) is 0. The Balaban J connectivity index is 0.00000180. The zero-order valence-corrected chi connectivity index (χ0v) is 12.9. The van der Waals surface area contributed by atoms with Gasteiger partial charge in [-0.25, -0.2) is 0 Å². The molecule has 1 saturated carbocycles. The predicted molar refractivity (Wildman–Crippen MR) is 85.9 cm³/mol. The zero-order valence-electron chi connectivity index (χ0n) is 12.1. The maximum Gasteiger partial charge on any atom is 0.0320 e. The molecule has 2 heteroatoms. The minimum Gasteiger partial charge on any atom is -0.310 e. The number of hydrogen-bond acceptors (Lipinski definition) is 1. The number of nitrogens with one attached hydrogen (secondary N) is 1. The van der Waals surface area contributed by atoms with Crippen LogP contribution in [0.4, 0.5) is 0 Å². The first-order valence-corrected chi connectivity index (χ1v) is 7.68. The average molecular weight is 282 g/mol. The van der Waals surface area contributed by atoms with Crippen LogP contribution in [0.5, 0.6) is 0 Å². The van der Waals surface area contributed by atoms with Crippen molar-refractivity contribution in [3.05, 3.63) is 35.9 Å². The Kier molecular flexibility index (Phi) is 8.16. The fourth-order valence-electron chi connectivity index (χ4n) is 3.06. The summed E-state index contributed by atoms with van der Waals surface area (Å²) < 4.78 is 0. The van der Waals surface area contributed by atoms with E-state index in [4.69, 9.17) is 0 Å². The fraction of sp³-hybridized carbons (Fsp3) is 0.647. The van der Waals surface area contributed by atoms with Crippen molar-refractivity contribution in [3.63, 3.8) is 0 Å². The van der Waals surface area contributed by atoms with Crippen molar-refractivity contribution in [2.24, 2.45) is 5.92 Å². The molecule has 1 N–H and O–H groups in total. The second kappa shape index (κ2) is 9.39. The summed E-state index contributed by atoms with van der Waals surface area (Å²) in [6, 6.07) is 11.5. The van der Waals surface area contributed by atoms with Crippen LogP contribution in [-0.2, 0) is 0 Å². The Morgan fingerprint density at radius 2 is 1.79 bits per heavy atom. The molecule has 0 amide bonds. The number of halogens is 1. The Labute approximate surface area is 124 Å². The van der Waals surface area contributed by atoms with E-state index in [0.717, 1.165) is 5.92 Å². The van der Waals surface area contributed by atoms with E-state index in [9.17, 15) is 0 Å². The summed E-state index contributed by atoms with van der Waals surface area (Å²) in [5, 5.41) is 3.81. The van der Waals surface area contributed by atoms with Crippen LogP contribution in [0, 0.1) is 5.92 Å². The maximum absolute atomic E-state index is 3.81. The number of hydrogen-bond donors (Lipinski definition) is 1. The third-order valence-electron chi connectivity index (χ3n) is 4.16. The van der Waals surface area contributed by atoms with E-state index >= 15 is 0 Å². The molecule has 1 aliphatic rings. The summed E-state index contributed by atoms with van der Waals surface area (Å²) >= 11 is 0. The maximum atomic E-state index is 3.81. The SMILES string of the molecule is CCCC(NCC1CCCCC1)c1ccccc1.Cl. The predicted octanol–water partition coefficient (Wildman–Crippen LogP) is 5.12. The number of rotatable bonds is 6. The molecular formula is C17H28ClN. The highest BCUT2D eigenvalue weighted by molar-refractivity contribution is 5.85. The van der Waals surface area contributed by atoms with Gasteiger partial charge in [-0.2, -0.15) is 0 Å². The van der Waals surface area contributed by atoms with Gasteiger partial charge >= 0.3 is 0 Å². The van der Waals surface area contributed by atoms with Gasteiger partial charge in [0, 0.05) is 6.04 Å². The molecule has 0 saturated heterocycles. The van der Waals surface area contributed by atoms with E-state index < -0.39 is 0 Å². The van der Waals surface area contributed by atoms with Crippen LogP contribution < -0.4 is 5.32 Å². The highest BCUT2D eigenvalue weighted by Crippen LogP contribution is 2.25. The monoisotopic (exact) mass is 281 g/mol. The van der Waals surface area contributed by atoms with Crippen LogP contribution in [0.1, 0.15) is 63.5 Å².